The van der Waals surface area contributed by atoms with Gasteiger partial charge in [-0.05, 0) is 59.5 Å². The van der Waals surface area contributed by atoms with E-state index in [2.05, 4.69) is 15.6 Å². The minimum atomic E-state index is -2.31. The number of pyridine rings is 1. The zero-order chi connectivity index (χ0) is 36.8. The van der Waals surface area contributed by atoms with E-state index >= 15 is 0 Å². The van der Waals surface area contributed by atoms with E-state index in [1.165, 1.54) is 36.4 Å². The fourth-order valence-corrected chi connectivity index (χ4v) is 6.35. The standard InChI is InChI=1S/C39H38N4O9/c44-32-15-13-30(31-14-16-34(46)42-36(31)32)33(45)21-40-20-24-9-11-25(12-10-24)37(48)43-18-17-28(22-43)41-35(47)23-52-29-8-4-7-27(19-29)39(51,38(49)50)26-5-2-1-3-6-26/h1-16,19,28,33,40,44-45,51H,17-18,20-23H2,(H,41,47)(H,42,46)(H,49,50)/t28-,33?,39?/m1/s1. The van der Waals surface area contributed by atoms with Crippen LogP contribution in [0.15, 0.2) is 108 Å². The van der Waals surface area contributed by atoms with Gasteiger partial charge in [0.05, 0.1) is 11.6 Å². The summed E-state index contributed by atoms with van der Waals surface area (Å²) in [5.74, 6) is -1.88. The molecule has 0 spiro atoms. The lowest BCUT2D eigenvalue weighted by Crippen LogP contribution is -2.40. The molecule has 2 amide bonds. The van der Waals surface area contributed by atoms with Gasteiger partial charge in [0.15, 0.2) is 6.61 Å². The number of ether oxygens (including phenoxy) is 1. The Morgan fingerprint density at radius 3 is 2.44 bits per heavy atom. The number of hydrogen-bond donors (Lipinski definition) is 7. The van der Waals surface area contributed by atoms with E-state index in [0.29, 0.717) is 42.6 Å². The SMILES string of the molecule is O=C(COc1cccc(C(O)(C(=O)O)c2ccccc2)c1)N[C@@H]1CCN(C(=O)c2ccc(CNCC(O)c3ccc(O)c4[nH]c(=O)ccc34)cc2)C1. The maximum atomic E-state index is 13.2. The molecular formula is C39H38N4O9. The van der Waals surface area contributed by atoms with Crippen molar-refractivity contribution in [1.82, 2.24) is 20.5 Å². The van der Waals surface area contributed by atoms with Crippen LogP contribution in [0.4, 0.5) is 0 Å². The fourth-order valence-electron chi connectivity index (χ4n) is 6.35. The van der Waals surface area contributed by atoms with Crippen molar-refractivity contribution in [3.8, 4) is 11.5 Å². The van der Waals surface area contributed by atoms with Crippen LogP contribution in [0.2, 0.25) is 0 Å². The second-order valence-electron chi connectivity index (χ2n) is 12.6. The number of H-pyrrole nitrogens is 1. The summed E-state index contributed by atoms with van der Waals surface area (Å²) in [6, 6.07) is 26.8. The molecule has 13 nitrogen and oxygen atoms in total. The molecule has 1 fully saturated rings. The van der Waals surface area contributed by atoms with Crippen LogP contribution >= 0.6 is 0 Å². The number of nitrogens with zero attached hydrogens (tertiary/aromatic N) is 1. The molecule has 6 rings (SSSR count). The molecule has 0 radical (unpaired) electrons. The van der Waals surface area contributed by atoms with Crippen molar-refractivity contribution in [2.75, 3.05) is 26.2 Å². The molecule has 1 aliphatic heterocycles. The van der Waals surface area contributed by atoms with Crippen molar-refractivity contribution < 1.29 is 39.5 Å². The summed E-state index contributed by atoms with van der Waals surface area (Å²) < 4.78 is 5.64. The Hall–Kier alpha value is -6.02. The van der Waals surface area contributed by atoms with Crippen LogP contribution in [0.25, 0.3) is 10.9 Å². The second-order valence-corrected chi connectivity index (χ2v) is 12.6. The van der Waals surface area contributed by atoms with E-state index in [4.69, 9.17) is 4.74 Å². The number of aliphatic hydroxyl groups is 2. The largest absolute Gasteiger partial charge is 0.506 e. The summed E-state index contributed by atoms with van der Waals surface area (Å²) in [5, 5.41) is 48.5. The number of hydrogen-bond acceptors (Lipinski definition) is 9. The molecule has 13 heteroatoms. The monoisotopic (exact) mass is 706 g/mol. The molecular weight excluding hydrogens is 668 g/mol. The van der Waals surface area contributed by atoms with Crippen LogP contribution in [0.1, 0.15) is 45.1 Å². The van der Waals surface area contributed by atoms with E-state index in [1.54, 1.807) is 59.5 Å². The predicted octanol–water partition coefficient (Wildman–Crippen LogP) is 2.79. The lowest BCUT2D eigenvalue weighted by Gasteiger charge is -2.25. The Morgan fingerprint density at radius 2 is 1.69 bits per heavy atom. The highest BCUT2D eigenvalue weighted by atomic mass is 16.5. The molecule has 5 aromatic rings. The summed E-state index contributed by atoms with van der Waals surface area (Å²) in [6.45, 7) is 1.07. The summed E-state index contributed by atoms with van der Waals surface area (Å²) in [4.78, 5) is 54.0. The molecule has 4 aromatic carbocycles. The zero-order valence-electron chi connectivity index (χ0n) is 28.0. The number of aliphatic hydroxyl groups excluding tert-OH is 1. The van der Waals surface area contributed by atoms with Crippen LogP contribution < -0.4 is 20.9 Å². The molecule has 0 saturated carbocycles. The number of likely N-dealkylation sites (tertiary alicyclic amines) is 1. The van der Waals surface area contributed by atoms with Crippen LogP contribution in [0, 0.1) is 0 Å². The number of aromatic amines is 1. The number of phenols is 1. The molecule has 2 unspecified atom stereocenters. The first-order valence-corrected chi connectivity index (χ1v) is 16.7. The van der Waals surface area contributed by atoms with Gasteiger partial charge in [-0.15, -0.1) is 0 Å². The highest BCUT2D eigenvalue weighted by molar-refractivity contribution is 5.94. The van der Waals surface area contributed by atoms with Crippen molar-refractivity contribution in [3.63, 3.8) is 0 Å². The van der Waals surface area contributed by atoms with Gasteiger partial charge in [0.25, 0.3) is 11.8 Å². The Balaban J connectivity index is 0.965. The van der Waals surface area contributed by atoms with Gasteiger partial charge in [-0.1, -0.05) is 60.7 Å². The van der Waals surface area contributed by atoms with Crippen LogP contribution in [0.5, 0.6) is 11.5 Å². The smallest absolute Gasteiger partial charge is 0.345 e. The number of carboxylic acids is 1. The van der Waals surface area contributed by atoms with E-state index in [0.717, 1.165) is 5.56 Å². The summed E-state index contributed by atoms with van der Waals surface area (Å²) in [5.41, 5.74) is -0.174. The first-order valence-electron chi connectivity index (χ1n) is 16.7. The number of benzene rings is 4. The molecule has 268 valence electrons. The minimum Gasteiger partial charge on any atom is -0.506 e. The second kappa shape index (κ2) is 15.5. The molecule has 2 heterocycles. The van der Waals surface area contributed by atoms with Crippen molar-refractivity contribution in [2.24, 2.45) is 0 Å². The Kier molecular flexibility index (Phi) is 10.7. The first kappa shape index (κ1) is 35.8. The summed E-state index contributed by atoms with van der Waals surface area (Å²) in [6.07, 6.45) is -0.339. The van der Waals surface area contributed by atoms with Crippen LogP contribution in [-0.4, -0.2) is 80.4 Å². The predicted molar refractivity (Wildman–Crippen MR) is 191 cm³/mol. The Bertz CT molecular complexity index is 2140. The molecule has 1 saturated heterocycles. The summed E-state index contributed by atoms with van der Waals surface area (Å²) in [7, 11) is 0. The quantitative estimate of drug-likeness (QED) is 0.0955. The maximum absolute atomic E-state index is 13.2. The number of aromatic hydroxyl groups is 1. The van der Waals surface area contributed by atoms with Gasteiger partial charge >= 0.3 is 5.97 Å². The van der Waals surface area contributed by atoms with Gasteiger partial charge < -0.3 is 45.7 Å². The Labute approximate surface area is 298 Å². The molecule has 0 aliphatic carbocycles. The number of carbonyl (C=O) groups is 3. The number of rotatable bonds is 13. The maximum Gasteiger partial charge on any atom is 0.345 e. The molecule has 3 atom stereocenters. The zero-order valence-corrected chi connectivity index (χ0v) is 28.0. The lowest BCUT2D eigenvalue weighted by atomic mass is 9.86. The molecule has 0 bridgehead atoms. The normalized spacial score (nSPS) is 15.9. The highest BCUT2D eigenvalue weighted by Gasteiger charge is 2.40. The minimum absolute atomic E-state index is 0.0788. The van der Waals surface area contributed by atoms with E-state index in [9.17, 15) is 39.6 Å². The number of fused-ring (bicyclic) bond motifs is 1. The number of aromatic nitrogens is 1. The van der Waals surface area contributed by atoms with Gasteiger partial charge in [-0.25, -0.2) is 4.79 Å². The molecule has 7 N–H and O–H groups in total. The number of nitrogens with one attached hydrogen (secondary N) is 3. The number of aliphatic carboxylic acids is 1. The first-order chi connectivity index (χ1) is 25.0. The fraction of sp³-hybridized carbons (Fsp3) is 0.231. The van der Waals surface area contributed by atoms with Gasteiger partial charge in [-0.2, -0.15) is 0 Å². The van der Waals surface area contributed by atoms with Crippen molar-refractivity contribution in [3.05, 3.63) is 141 Å². The van der Waals surface area contributed by atoms with E-state index < -0.39 is 23.6 Å². The van der Waals surface area contributed by atoms with Crippen LogP contribution in [-0.2, 0) is 21.7 Å². The van der Waals surface area contributed by atoms with Gasteiger partial charge in [-0.3, -0.25) is 14.4 Å². The van der Waals surface area contributed by atoms with Crippen molar-refractivity contribution in [1.29, 1.82) is 0 Å². The Morgan fingerprint density at radius 1 is 0.942 bits per heavy atom. The van der Waals surface area contributed by atoms with E-state index in [-0.39, 0.29) is 58.8 Å². The molecule has 52 heavy (non-hydrogen) atoms. The number of amides is 2. The van der Waals surface area contributed by atoms with Gasteiger partial charge in [0.1, 0.15) is 11.5 Å². The topological polar surface area (TPSA) is 202 Å². The third kappa shape index (κ3) is 7.81. The van der Waals surface area contributed by atoms with Crippen molar-refractivity contribution in [2.45, 2.75) is 30.7 Å². The van der Waals surface area contributed by atoms with Crippen molar-refractivity contribution >= 4 is 28.7 Å². The molecule has 1 aliphatic rings. The third-order valence-electron chi connectivity index (χ3n) is 9.10. The molecule has 1 aromatic heterocycles. The average Bonchev–Trinajstić information content (AvgIpc) is 3.62. The van der Waals surface area contributed by atoms with Gasteiger partial charge in [0, 0.05) is 54.8 Å². The number of carboxylic acid groups (broad SMARTS) is 1. The lowest BCUT2D eigenvalue weighted by molar-refractivity contribution is -0.155. The number of carbonyl (C=O) groups excluding carboxylic acids is 2. The van der Waals surface area contributed by atoms with Crippen LogP contribution in [0.3, 0.4) is 0 Å². The third-order valence-corrected chi connectivity index (χ3v) is 9.10. The van der Waals surface area contributed by atoms with E-state index in [1.807, 2.05) is 12.1 Å². The van der Waals surface area contributed by atoms with Gasteiger partial charge in [0.2, 0.25) is 11.2 Å². The summed E-state index contributed by atoms with van der Waals surface area (Å²) >= 11 is 0. The average molecular weight is 707 g/mol. The highest BCUT2D eigenvalue weighted by Crippen LogP contribution is 2.32. The number of phenolic OH excluding ortho intramolecular Hbond substituents is 1.